The van der Waals surface area contributed by atoms with Crippen LogP contribution in [0.4, 0.5) is 0 Å². The lowest BCUT2D eigenvalue weighted by Crippen LogP contribution is -2.47. The van der Waals surface area contributed by atoms with Gasteiger partial charge in [-0.3, -0.25) is 0 Å². The summed E-state index contributed by atoms with van der Waals surface area (Å²) < 4.78 is 0. The van der Waals surface area contributed by atoms with Crippen LogP contribution < -0.4 is 0 Å². The van der Waals surface area contributed by atoms with Gasteiger partial charge >= 0.3 is 7.32 Å². The second kappa shape index (κ2) is 6.01. The Bertz CT molecular complexity index is 186. The summed E-state index contributed by atoms with van der Waals surface area (Å²) in [7, 11) is -2.17. The molecule has 1 atom stereocenters. The Hall–Kier alpha value is -0.575. The molecule has 6 heteroatoms. The predicted octanol–water partition coefficient (Wildman–Crippen LogP) is -1.52. The van der Waals surface area contributed by atoms with Crippen LogP contribution in [0.2, 0.25) is 0 Å². The van der Waals surface area contributed by atoms with Crippen molar-refractivity contribution in [1.29, 1.82) is 0 Å². The number of hydrogen-bond donors (Lipinski definition) is 5. The summed E-state index contributed by atoms with van der Waals surface area (Å²) in [5, 5.41) is 40.3. The molecule has 5 nitrogen and oxygen atoms in total. The standard InChI is InChI=1S/C8H14O2.BH3O3/c1-5-6-8(4,10)7(2,3)9;2-1(3)4/h1,9-10H,6H2,2-4H3;2-4H. The summed E-state index contributed by atoms with van der Waals surface area (Å²) in [6.07, 6.45) is 5.15. The van der Waals surface area contributed by atoms with E-state index in [0.29, 0.717) is 0 Å². The quantitative estimate of drug-likeness (QED) is 0.278. The second-order valence-electron chi connectivity index (χ2n) is 3.56. The largest absolute Gasteiger partial charge is 0.631 e. The van der Waals surface area contributed by atoms with Crippen LogP contribution in [0.1, 0.15) is 27.2 Å². The number of hydrogen-bond acceptors (Lipinski definition) is 5. The van der Waals surface area contributed by atoms with Crippen LogP contribution in [0.5, 0.6) is 0 Å². The lowest BCUT2D eigenvalue weighted by molar-refractivity contribution is -0.116. The summed E-state index contributed by atoms with van der Waals surface area (Å²) in [6.45, 7) is 4.58. The maximum atomic E-state index is 9.46. The van der Waals surface area contributed by atoms with Crippen LogP contribution in [0.25, 0.3) is 0 Å². The maximum absolute atomic E-state index is 9.46. The fourth-order valence-electron chi connectivity index (χ4n) is 0.415. The molecule has 0 fully saturated rings. The van der Waals surface area contributed by atoms with Crippen molar-refractivity contribution in [3.63, 3.8) is 0 Å². The summed E-state index contributed by atoms with van der Waals surface area (Å²) in [6, 6.07) is 0. The molecule has 0 aliphatic carbocycles. The first-order chi connectivity index (χ1) is 6.04. The highest BCUT2D eigenvalue weighted by Gasteiger charge is 2.36. The Morgan fingerprint density at radius 3 is 1.50 bits per heavy atom. The van der Waals surface area contributed by atoms with E-state index in [0.717, 1.165) is 0 Å². The average Bonchev–Trinajstić information content (AvgIpc) is 1.82. The smallest absolute Gasteiger partial charge is 0.402 e. The molecule has 0 aromatic carbocycles. The molecule has 0 aliphatic heterocycles. The number of aliphatic hydroxyl groups is 2. The fraction of sp³-hybridized carbons (Fsp3) is 0.750. The molecular weight excluding hydrogens is 187 g/mol. The van der Waals surface area contributed by atoms with Crippen molar-refractivity contribution < 1.29 is 25.3 Å². The topological polar surface area (TPSA) is 101 Å². The third-order valence-corrected chi connectivity index (χ3v) is 1.76. The minimum absolute atomic E-state index is 0.163. The summed E-state index contributed by atoms with van der Waals surface area (Å²) in [4.78, 5) is 0. The molecule has 14 heavy (non-hydrogen) atoms. The zero-order valence-electron chi connectivity index (χ0n) is 8.60. The van der Waals surface area contributed by atoms with Crippen LogP contribution in [-0.2, 0) is 0 Å². The van der Waals surface area contributed by atoms with Crippen molar-refractivity contribution in [2.24, 2.45) is 0 Å². The predicted molar refractivity (Wildman–Crippen MR) is 52.8 cm³/mol. The van der Waals surface area contributed by atoms with Gasteiger partial charge in [0.15, 0.2) is 0 Å². The fourth-order valence-corrected chi connectivity index (χ4v) is 0.415. The Morgan fingerprint density at radius 1 is 1.14 bits per heavy atom. The van der Waals surface area contributed by atoms with Crippen LogP contribution in [0, 0.1) is 12.3 Å². The van der Waals surface area contributed by atoms with E-state index in [9.17, 15) is 10.2 Å². The first kappa shape index (κ1) is 15.9. The molecule has 0 saturated heterocycles. The van der Waals surface area contributed by atoms with E-state index in [4.69, 9.17) is 21.5 Å². The first-order valence-electron chi connectivity index (χ1n) is 3.97. The third-order valence-electron chi connectivity index (χ3n) is 1.76. The molecule has 5 N–H and O–H groups in total. The number of terminal acetylenes is 1. The van der Waals surface area contributed by atoms with Gasteiger partial charge in [0.05, 0.1) is 5.60 Å². The minimum Gasteiger partial charge on any atom is -0.402 e. The van der Waals surface area contributed by atoms with Crippen molar-refractivity contribution in [3.8, 4) is 12.3 Å². The van der Waals surface area contributed by atoms with Crippen molar-refractivity contribution in [1.82, 2.24) is 0 Å². The van der Waals surface area contributed by atoms with E-state index in [2.05, 4.69) is 5.92 Å². The molecule has 82 valence electrons. The molecule has 0 spiro atoms. The summed E-state index contributed by atoms with van der Waals surface area (Å²) >= 11 is 0. The zero-order chi connectivity index (χ0) is 12.0. The zero-order valence-corrected chi connectivity index (χ0v) is 8.60. The molecule has 0 aliphatic rings. The van der Waals surface area contributed by atoms with Gasteiger partial charge in [-0.1, -0.05) is 0 Å². The molecule has 0 radical (unpaired) electrons. The van der Waals surface area contributed by atoms with Gasteiger partial charge in [-0.2, -0.15) is 0 Å². The summed E-state index contributed by atoms with van der Waals surface area (Å²) in [5.41, 5.74) is -2.33. The van der Waals surface area contributed by atoms with Gasteiger partial charge in [0.25, 0.3) is 0 Å². The Balaban J connectivity index is 0. The monoisotopic (exact) mass is 204 g/mol. The van der Waals surface area contributed by atoms with Crippen molar-refractivity contribution in [2.45, 2.75) is 38.4 Å². The van der Waals surface area contributed by atoms with Gasteiger partial charge in [-0.15, -0.1) is 12.3 Å². The highest BCUT2D eigenvalue weighted by atomic mass is 16.5. The van der Waals surface area contributed by atoms with E-state index in [1.807, 2.05) is 0 Å². The van der Waals surface area contributed by atoms with Crippen molar-refractivity contribution >= 4 is 7.32 Å². The molecule has 0 rings (SSSR count). The highest BCUT2D eigenvalue weighted by Crippen LogP contribution is 2.23. The number of rotatable bonds is 2. The Morgan fingerprint density at radius 2 is 1.43 bits per heavy atom. The van der Waals surface area contributed by atoms with Crippen LogP contribution >= 0.6 is 0 Å². The van der Waals surface area contributed by atoms with Gasteiger partial charge in [0.2, 0.25) is 0 Å². The van der Waals surface area contributed by atoms with Crippen molar-refractivity contribution in [3.05, 3.63) is 0 Å². The van der Waals surface area contributed by atoms with E-state index >= 15 is 0 Å². The minimum atomic E-state index is -2.17. The van der Waals surface area contributed by atoms with Gasteiger partial charge in [0.1, 0.15) is 5.60 Å². The van der Waals surface area contributed by atoms with Crippen LogP contribution in [-0.4, -0.2) is 43.8 Å². The average molecular weight is 204 g/mol. The molecule has 0 aromatic rings. The molecule has 0 heterocycles. The highest BCUT2D eigenvalue weighted by molar-refractivity contribution is 6.30. The maximum Gasteiger partial charge on any atom is 0.631 e. The summed E-state index contributed by atoms with van der Waals surface area (Å²) in [5.74, 6) is 2.30. The van der Waals surface area contributed by atoms with E-state index in [-0.39, 0.29) is 6.42 Å². The molecule has 0 aromatic heterocycles. The van der Waals surface area contributed by atoms with Gasteiger partial charge in [-0.05, 0) is 20.8 Å². The van der Waals surface area contributed by atoms with Gasteiger partial charge < -0.3 is 25.3 Å². The Kier molecular flexibility index (Phi) is 6.82. The lowest BCUT2D eigenvalue weighted by Gasteiger charge is -2.33. The van der Waals surface area contributed by atoms with E-state index < -0.39 is 18.5 Å². The van der Waals surface area contributed by atoms with Crippen LogP contribution in [0.15, 0.2) is 0 Å². The molecule has 0 amide bonds. The van der Waals surface area contributed by atoms with Crippen LogP contribution in [0.3, 0.4) is 0 Å². The first-order valence-corrected chi connectivity index (χ1v) is 3.97. The van der Waals surface area contributed by atoms with E-state index in [1.165, 1.54) is 20.8 Å². The molecule has 0 bridgehead atoms. The lowest BCUT2D eigenvalue weighted by atomic mass is 9.85. The van der Waals surface area contributed by atoms with Gasteiger partial charge in [0, 0.05) is 6.42 Å². The molecule has 1 unspecified atom stereocenters. The second-order valence-corrected chi connectivity index (χ2v) is 3.56. The molecular formula is C8H17BO5. The normalized spacial score (nSPS) is 14.5. The third kappa shape index (κ3) is 8.04. The van der Waals surface area contributed by atoms with E-state index in [1.54, 1.807) is 0 Å². The van der Waals surface area contributed by atoms with Crippen molar-refractivity contribution in [2.75, 3.05) is 0 Å². The Labute approximate surface area is 84.2 Å². The SMILES string of the molecule is C#CCC(C)(O)C(C)(C)O.OB(O)O. The van der Waals surface area contributed by atoms with Gasteiger partial charge in [-0.25, -0.2) is 0 Å². The molecule has 0 saturated carbocycles.